The van der Waals surface area contributed by atoms with Crippen molar-refractivity contribution in [3.05, 3.63) is 25.0 Å². The molecule has 0 saturated heterocycles. The molecule has 1 unspecified atom stereocenters. The zero-order valence-corrected chi connectivity index (χ0v) is 9.20. The first-order valence-electron chi connectivity index (χ1n) is 5.03. The second-order valence-electron chi connectivity index (χ2n) is 3.87. The summed E-state index contributed by atoms with van der Waals surface area (Å²) < 4.78 is 2.05. The summed E-state index contributed by atoms with van der Waals surface area (Å²) in [6.07, 6.45) is 5.63. The van der Waals surface area contributed by atoms with E-state index in [4.69, 9.17) is 0 Å². The fraction of sp³-hybridized carbons (Fsp3) is 0.545. The van der Waals surface area contributed by atoms with Crippen LogP contribution in [0.4, 0.5) is 5.95 Å². The van der Waals surface area contributed by atoms with Gasteiger partial charge in [-0.1, -0.05) is 19.9 Å². The number of hydrogen-bond donors (Lipinski definition) is 1. The number of imidazole rings is 1. The van der Waals surface area contributed by atoms with Crippen molar-refractivity contribution in [2.45, 2.75) is 33.4 Å². The Labute approximate surface area is 85.8 Å². The number of nitrogens with one attached hydrogen (secondary N) is 1. The first kappa shape index (κ1) is 10.8. The van der Waals surface area contributed by atoms with Gasteiger partial charge in [0.05, 0.1) is 0 Å². The molecule has 0 saturated carbocycles. The van der Waals surface area contributed by atoms with Gasteiger partial charge in [0.2, 0.25) is 5.95 Å². The van der Waals surface area contributed by atoms with Crippen LogP contribution in [0, 0.1) is 5.92 Å². The van der Waals surface area contributed by atoms with Crippen LogP contribution in [0.3, 0.4) is 0 Å². The SMILES string of the molecule is C=CCn1ccnc1NC(C)C(C)C. The van der Waals surface area contributed by atoms with Crippen LogP contribution in [0.25, 0.3) is 0 Å². The largest absolute Gasteiger partial charge is 0.353 e. The molecule has 3 heteroatoms. The van der Waals surface area contributed by atoms with E-state index in [2.05, 4.69) is 37.7 Å². The Morgan fingerprint density at radius 3 is 2.86 bits per heavy atom. The van der Waals surface area contributed by atoms with Crippen LogP contribution in [0.1, 0.15) is 20.8 Å². The summed E-state index contributed by atoms with van der Waals surface area (Å²) in [5.74, 6) is 1.52. The summed E-state index contributed by atoms with van der Waals surface area (Å²) in [5, 5.41) is 3.38. The van der Waals surface area contributed by atoms with Gasteiger partial charge in [-0.25, -0.2) is 4.98 Å². The number of nitrogens with zero attached hydrogens (tertiary/aromatic N) is 2. The predicted molar refractivity (Wildman–Crippen MR) is 60.3 cm³/mol. The lowest BCUT2D eigenvalue weighted by Gasteiger charge is -2.18. The Balaban J connectivity index is 2.65. The first-order chi connectivity index (χ1) is 6.65. The normalized spacial score (nSPS) is 12.9. The van der Waals surface area contributed by atoms with Gasteiger partial charge in [-0.3, -0.25) is 0 Å². The van der Waals surface area contributed by atoms with Crippen LogP contribution >= 0.6 is 0 Å². The molecule has 1 rings (SSSR count). The molecule has 0 amide bonds. The van der Waals surface area contributed by atoms with Gasteiger partial charge >= 0.3 is 0 Å². The molecule has 0 fully saturated rings. The van der Waals surface area contributed by atoms with Crippen molar-refractivity contribution in [1.29, 1.82) is 0 Å². The maximum absolute atomic E-state index is 4.26. The second kappa shape index (κ2) is 4.84. The van der Waals surface area contributed by atoms with Crippen LogP contribution in [0.2, 0.25) is 0 Å². The van der Waals surface area contributed by atoms with Crippen LogP contribution in [-0.4, -0.2) is 15.6 Å². The summed E-state index contributed by atoms with van der Waals surface area (Å²) in [4.78, 5) is 4.26. The van der Waals surface area contributed by atoms with E-state index < -0.39 is 0 Å². The summed E-state index contributed by atoms with van der Waals surface area (Å²) in [6.45, 7) is 11.1. The Hall–Kier alpha value is -1.25. The van der Waals surface area contributed by atoms with E-state index in [1.54, 1.807) is 6.20 Å². The van der Waals surface area contributed by atoms with Crippen molar-refractivity contribution in [2.75, 3.05) is 5.32 Å². The molecule has 0 spiro atoms. The van der Waals surface area contributed by atoms with E-state index in [1.165, 1.54) is 0 Å². The highest BCUT2D eigenvalue weighted by atomic mass is 15.2. The minimum absolute atomic E-state index is 0.431. The minimum Gasteiger partial charge on any atom is -0.353 e. The lowest BCUT2D eigenvalue weighted by atomic mass is 10.1. The van der Waals surface area contributed by atoms with Gasteiger partial charge in [0.1, 0.15) is 0 Å². The van der Waals surface area contributed by atoms with Gasteiger partial charge in [0, 0.05) is 25.0 Å². The lowest BCUT2D eigenvalue weighted by molar-refractivity contribution is 0.553. The van der Waals surface area contributed by atoms with E-state index in [0.29, 0.717) is 12.0 Å². The third kappa shape index (κ3) is 2.62. The van der Waals surface area contributed by atoms with Crippen molar-refractivity contribution in [3.8, 4) is 0 Å². The van der Waals surface area contributed by atoms with Gasteiger partial charge in [0.15, 0.2) is 0 Å². The molecule has 1 aromatic rings. The molecule has 3 nitrogen and oxygen atoms in total. The van der Waals surface area contributed by atoms with Crippen LogP contribution in [0.15, 0.2) is 25.0 Å². The third-order valence-corrected chi connectivity index (χ3v) is 2.40. The summed E-state index contributed by atoms with van der Waals surface area (Å²) in [5.41, 5.74) is 0. The van der Waals surface area contributed by atoms with Crippen molar-refractivity contribution in [1.82, 2.24) is 9.55 Å². The van der Waals surface area contributed by atoms with E-state index in [9.17, 15) is 0 Å². The number of anilines is 1. The quantitative estimate of drug-likeness (QED) is 0.728. The van der Waals surface area contributed by atoms with Crippen LogP contribution < -0.4 is 5.32 Å². The van der Waals surface area contributed by atoms with Crippen molar-refractivity contribution in [2.24, 2.45) is 5.92 Å². The molecule has 1 N–H and O–H groups in total. The summed E-state index contributed by atoms with van der Waals surface area (Å²) in [6, 6.07) is 0.431. The molecule has 1 atom stereocenters. The monoisotopic (exact) mass is 193 g/mol. The highest BCUT2D eigenvalue weighted by Gasteiger charge is 2.09. The van der Waals surface area contributed by atoms with Gasteiger partial charge in [-0.05, 0) is 12.8 Å². The summed E-state index contributed by atoms with van der Waals surface area (Å²) in [7, 11) is 0. The predicted octanol–water partition coefficient (Wildman–Crippen LogP) is 2.53. The fourth-order valence-electron chi connectivity index (χ4n) is 1.11. The molecule has 1 heterocycles. The summed E-state index contributed by atoms with van der Waals surface area (Å²) >= 11 is 0. The maximum atomic E-state index is 4.26. The Kier molecular flexibility index (Phi) is 3.74. The molecule has 14 heavy (non-hydrogen) atoms. The van der Waals surface area contributed by atoms with E-state index >= 15 is 0 Å². The second-order valence-corrected chi connectivity index (χ2v) is 3.87. The number of rotatable bonds is 5. The molecular formula is C11H19N3. The zero-order chi connectivity index (χ0) is 10.6. The van der Waals surface area contributed by atoms with Gasteiger partial charge in [0.25, 0.3) is 0 Å². The smallest absolute Gasteiger partial charge is 0.203 e. The van der Waals surface area contributed by atoms with Crippen molar-refractivity contribution in [3.63, 3.8) is 0 Å². The molecule has 1 aromatic heterocycles. The van der Waals surface area contributed by atoms with Gasteiger partial charge in [-0.2, -0.15) is 0 Å². The van der Waals surface area contributed by atoms with Gasteiger partial charge < -0.3 is 9.88 Å². The highest BCUT2D eigenvalue weighted by Crippen LogP contribution is 2.10. The average Bonchev–Trinajstić information content (AvgIpc) is 2.53. The topological polar surface area (TPSA) is 29.9 Å². The highest BCUT2D eigenvalue weighted by molar-refractivity contribution is 5.27. The van der Waals surface area contributed by atoms with E-state index in [0.717, 1.165) is 12.5 Å². The fourth-order valence-corrected chi connectivity index (χ4v) is 1.11. The molecule has 78 valence electrons. The molecule has 0 aliphatic carbocycles. The molecular weight excluding hydrogens is 174 g/mol. The number of aromatic nitrogens is 2. The minimum atomic E-state index is 0.431. The van der Waals surface area contributed by atoms with E-state index in [1.807, 2.05) is 16.8 Å². The maximum Gasteiger partial charge on any atom is 0.203 e. The molecule has 0 aliphatic rings. The van der Waals surface area contributed by atoms with Crippen molar-refractivity contribution < 1.29 is 0 Å². The van der Waals surface area contributed by atoms with Gasteiger partial charge in [-0.15, -0.1) is 6.58 Å². The lowest BCUT2D eigenvalue weighted by Crippen LogP contribution is -2.23. The van der Waals surface area contributed by atoms with Crippen LogP contribution in [0.5, 0.6) is 0 Å². The Morgan fingerprint density at radius 1 is 1.57 bits per heavy atom. The molecule has 0 aromatic carbocycles. The number of hydrogen-bond acceptors (Lipinski definition) is 2. The van der Waals surface area contributed by atoms with E-state index in [-0.39, 0.29) is 0 Å². The molecule has 0 aliphatic heterocycles. The average molecular weight is 193 g/mol. The van der Waals surface area contributed by atoms with Crippen LogP contribution in [-0.2, 0) is 6.54 Å². The number of allylic oxidation sites excluding steroid dienone is 1. The molecule has 0 radical (unpaired) electrons. The van der Waals surface area contributed by atoms with Crippen molar-refractivity contribution >= 4 is 5.95 Å². The Bertz CT molecular complexity index is 288. The first-order valence-corrected chi connectivity index (χ1v) is 5.03. The zero-order valence-electron chi connectivity index (χ0n) is 9.20. The standard InChI is InChI=1S/C11H19N3/c1-5-7-14-8-6-12-11(14)13-10(4)9(2)3/h5-6,8-10H,1,7H2,2-4H3,(H,12,13). The molecule has 0 bridgehead atoms. The third-order valence-electron chi connectivity index (χ3n) is 2.40. The Morgan fingerprint density at radius 2 is 2.29 bits per heavy atom.